The molecule has 3 unspecified atom stereocenters. The first kappa shape index (κ1) is 35.7. The van der Waals surface area contributed by atoms with Crippen LogP contribution in [0.3, 0.4) is 0 Å². The molecule has 41 heavy (non-hydrogen) atoms. The number of nitrogens with one attached hydrogen (secondary N) is 1. The van der Waals surface area contributed by atoms with Crippen LogP contribution in [0.25, 0.3) is 0 Å². The zero-order valence-corrected chi connectivity index (χ0v) is 25.8. The summed E-state index contributed by atoms with van der Waals surface area (Å²) < 4.78 is 26.6. The van der Waals surface area contributed by atoms with Crippen molar-refractivity contribution in [1.82, 2.24) is 5.32 Å². The number of benzene rings is 1. The fourth-order valence-electron chi connectivity index (χ4n) is 3.12. The molecule has 232 valence electrons. The minimum Gasteiger partial charge on any atom is -0.477 e. The third-order valence-corrected chi connectivity index (χ3v) is 6.53. The molecule has 0 amide bonds. The Morgan fingerprint density at radius 1 is 0.829 bits per heavy atom. The van der Waals surface area contributed by atoms with E-state index in [2.05, 4.69) is 5.32 Å². The number of carboxylic acid groups (broad SMARTS) is 1. The molecule has 0 saturated carbocycles. The highest BCUT2D eigenvalue weighted by Crippen LogP contribution is 2.32. The van der Waals surface area contributed by atoms with Gasteiger partial charge < -0.3 is 28.8 Å². The van der Waals surface area contributed by atoms with Gasteiger partial charge in [-0.2, -0.15) is 0 Å². The van der Waals surface area contributed by atoms with Gasteiger partial charge in [-0.3, -0.25) is 10.1 Å². The van der Waals surface area contributed by atoms with Gasteiger partial charge in [-0.05, 0) is 63.6 Å². The van der Waals surface area contributed by atoms with Crippen LogP contribution in [-0.2, 0) is 30.2 Å². The van der Waals surface area contributed by atoms with Crippen molar-refractivity contribution < 1.29 is 48.0 Å². The maximum Gasteiger partial charge on any atom is 0.513 e. The number of hydrogen-bond donors (Lipinski definition) is 2. The van der Waals surface area contributed by atoms with Crippen molar-refractivity contribution in [3.63, 3.8) is 0 Å². The van der Waals surface area contributed by atoms with E-state index in [0.717, 1.165) is 12.8 Å². The lowest BCUT2D eigenvalue weighted by Crippen LogP contribution is -2.60. The highest BCUT2D eigenvalue weighted by molar-refractivity contribution is 5.84. The molecule has 0 aromatic heterocycles. The number of carbonyl (C=O) groups is 4. The van der Waals surface area contributed by atoms with Gasteiger partial charge in [0, 0.05) is 12.5 Å². The van der Waals surface area contributed by atoms with E-state index in [1.54, 1.807) is 27.7 Å². The van der Waals surface area contributed by atoms with Gasteiger partial charge in [0.05, 0.1) is 18.6 Å². The number of carboxylic acids is 1. The van der Waals surface area contributed by atoms with E-state index >= 15 is 0 Å². The van der Waals surface area contributed by atoms with Crippen LogP contribution < -0.4 is 14.8 Å². The highest BCUT2D eigenvalue weighted by Gasteiger charge is 2.46. The predicted octanol–water partition coefficient (Wildman–Crippen LogP) is 6.11. The summed E-state index contributed by atoms with van der Waals surface area (Å²) in [5, 5.41) is 13.2. The minimum atomic E-state index is -2.13. The van der Waals surface area contributed by atoms with Crippen LogP contribution in [0.2, 0.25) is 0 Å². The highest BCUT2D eigenvalue weighted by atomic mass is 16.7. The summed E-state index contributed by atoms with van der Waals surface area (Å²) in [6, 6.07) is 3.84. The van der Waals surface area contributed by atoms with E-state index < -0.39 is 35.4 Å². The number of rotatable bonds is 15. The van der Waals surface area contributed by atoms with Crippen molar-refractivity contribution >= 4 is 24.2 Å². The molecule has 4 atom stereocenters. The van der Waals surface area contributed by atoms with Crippen molar-refractivity contribution in [3.8, 4) is 11.5 Å². The van der Waals surface area contributed by atoms with E-state index in [1.165, 1.54) is 18.2 Å². The van der Waals surface area contributed by atoms with E-state index in [-0.39, 0.29) is 49.0 Å². The Morgan fingerprint density at radius 2 is 1.34 bits per heavy atom. The van der Waals surface area contributed by atoms with Crippen LogP contribution in [0.4, 0.5) is 9.59 Å². The Labute approximate surface area is 243 Å². The third kappa shape index (κ3) is 12.0. The van der Waals surface area contributed by atoms with Gasteiger partial charge >= 0.3 is 24.2 Å². The molecule has 2 N–H and O–H groups in total. The van der Waals surface area contributed by atoms with Gasteiger partial charge in [0.2, 0.25) is 0 Å². The van der Waals surface area contributed by atoms with Gasteiger partial charge in [0.1, 0.15) is 0 Å². The second-order valence-corrected chi connectivity index (χ2v) is 11.5. The molecular formula is C30H47NO10. The maximum absolute atomic E-state index is 12.8. The van der Waals surface area contributed by atoms with Crippen LogP contribution in [0.15, 0.2) is 18.2 Å². The average Bonchev–Trinajstić information content (AvgIpc) is 2.90. The summed E-state index contributed by atoms with van der Waals surface area (Å²) in [6.07, 6.45) is -0.203. The average molecular weight is 582 g/mol. The number of aliphatic carboxylic acids is 1. The molecule has 1 aromatic rings. The lowest BCUT2D eigenvalue weighted by molar-refractivity contribution is -0.190. The second kappa shape index (κ2) is 16.2. The summed E-state index contributed by atoms with van der Waals surface area (Å²) in [4.78, 5) is 50.3. The number of hydrogen-bond acceptors (Lipinski definition) is 10. The topological polar surface area (TPSA) is 147 Å². The van der Waals surface area contributed by atoms with Crippen molar-refractivity contribution in [2.24, 2.45) is 17.3 Å². The molecule has 0 aliphatic rings. The first-order chi connectivity index (χ1) is 19.1. The molecule has 0 heterocycles. The SMILES string of the molecule is CCC(C)COC(=O)Oc1ccc(C[C@](NC(C)CC)(OC(=O)C(C)(C)C)C(=O)O)cc1OC(=O)OCC(C)CC. The Kier molecular flexibility index (Phi) is 14.1. The zero-order chi connectivity index (χ0) is 31.4. The summed E-state index contributed by atoms with van der Waals surface area (Å²) >= 11 is 0. The second-order valence-electron chi connectivity index (χ2n) is 11.5. The smallest absolute Gasteiger partial charge is 0.477 e. The van der Waals surface area contributed by atoms with Gasteiger partial charge in [0.25, 0.3) is 5.72 Å². The first-order valence-corrected chi connectivity index (χ1v) is 14.1. The Hall–Kier alpha value is -3.34. The molecule has 0 saturated heterocycles. The molecular weight excluding hydrogens is 534 g/mol. The Bertz CT molecular complexity index is 1030. The third-order valence-electron chi connectivity index (χ3n) is 6.53. The Morgan fingerprint density at radius 3 is 1.78 bits per heavy atom. The van der Waals surface area contributed by atoms with E-state index in [0.29, 0.717) is 12.0 Å². The van der Waals surface area contributed by atoms with E-state index in [1.807, 2.05) is 34.6 Å². The zero-order valence-electron chi connectivity index (χ0n) is 25.8. The molecule has 1 rings (SSSR count). The van der Waals surface area contributed by atoms with Crippen molar-refractivity contribution in [1.29, 1.82) is 0 Å². The molecule has 1 aromatic carbocycles. The molecule has 0 radical (unpaired) electrons. The summed E-state index contributed by atoms with van der Waals surface area (Å²) in [7, 11) is 0. The molecule has 0 fully saturated rings. The summed E-state index contributed by atoms with van der Waals surface area (Å²) in [6.45, 7) is 16.5. The fraction of sp³-hybridized carbons (Fsp3) is 0.667. The van der Waals surface area contributed by atoms with E-state index in [4.69, 9.17) is 23.7 Å². The summed E-state index contributed by atoms with van der Waals surface area (Å²) in [5.41, 5.74) is -2.79. The molecule has 0 aliphatic heterocycles. The van der Waals surface area contributed by atoms with Crippen molar-refractivity contribution in [2.75, 3.05) is 13.2 Å². The molecule has 0 spiro atoms. The van der Waals surface area contributed by atoms with Crippen molar-refractivity contribution in [2.45, 2.75) is 99.8 Å². The Balaban J connectivity index is 3.44. The van der Waals surface area contributed by atoms with Gasteiger partial charge in [0.15, 0.2) is 11.5 Å². The quantitative estimate of drug-likeness (QED) is 0.107. The van der Waals surface area contributed by atoms with Gasteiger partial charge in [-0.15, -0.1) is 0 Å². The first-order valence-electron chi connectivity index (χ1n) is 14.1. The van der Waals surface area contributed by atoms with Crippen LogP contribution >= 0.6 is 0 Å². The monoisotopic (exact) mass is 581 g/mol. The van der Waals surface area contributed by atoms with E-state index in [9.17, 15) is 24.3 Å². The molecule has 11 heteroatoms. The largest absolute Gasteiger partial charge is 0.513 e. The standard InChI is InChI=1S/C30H47NO10/c1-10-19(4)17-37-27(35)39-23-14-13-22(15-24(23)40-28(36)38-18-20(5)11-2)16-30(25(32)33,31-21(6)12-3)41-26(34)29(7,8)9/h13-15,19-21,31H,10-12,16-18H2,1-9H3,(H,32,33)/t19?,20?,21?,30-/m0/s1. The number of ether oxygens (including phenoxy) is 5. The number of carbonyl (C=O) groups excluding carboxylic acids is 3. The molecule has 0 bridgehead atoms. The molecule has 0 aliphatic carbocycles. The predicted molar refractivity (Wildman–Crippen MR) is 152 cm³/mol. The number of esters is 1. The van der Waals surface area contributed by atoms with Crippen LogP contribution in [0.5, 0.6) is 11.5 Å². The fourth-order valence-corrected chi connectivity index (χ4v) is 3.12. The maximum atomic E-state index is 12.8. The lowest BCUT2D eigenvalue weighted by Gasteiger charge is -2.35. The van der Waals surface area contributed by atoms with Crippen LogP contribution in [-0.4, -0.2) is 54.3 Å². The normalized spacial score (nSPS) is 15.0. The lowest BCUT2D eigenvalue weighted by atomic mass is 9.95. The molecule has 11 nitrogen and oxygen atoms in total. The van der Waals surface area contributed by atoms with Crippen LogP contribution in [0, 0.1) is 17.3 Å². The minimum absolute atomic E-state index is 0.0976. The summed E-state index contributed by atoms with van der Waals surface area (Å²) in [5.74, 6) is -2.23. The van der Waals surface area contributed by atoms with Crippen LogP contribution in [0.1, 0.15) is 87.1 Å². The van der Waals surface area contributed by atoms with Crippen molar-refractivity contribution in [3.05, 3.63) is 23.8 Å². The van der Waals surface area contributed by atoms with Gasteiger partial charge in [-0.25, -0.2) is 14.4 Å². The van der Waals surface area contributed by atoms with Gasteiger partial charge in [-0.1, -0.05) is 53.5 Å².